The molecule has 0 nitrogen and oxygen atoms in total. The molecule has 0 amide bonds. The summed E-state index contributed by atoms with van der Waals surface area (Å²) in [6.45, 7) is 4.40. The van der Waals surface area contributed by atoms with Gasteiger partial charge in [-0.15, -0.1) is 0 Å². The topological polar surface area (TPSA) is 0 Å². The summed E-state index contributed by atoms with van der Waals surface area (Å²) < 4.78 is 0. The fraction of sp³-hybridized carbons (Fsp3) is 0.222. The zero-order valence-corrected chi connectivity index (χ0v) is 12.3. The molecule has 19 heavy (non-hydrogen) atoms. The number of benzene rings is 2. The second kappa shape index (κ2) is 5.26. The molecule has 2 aromatic carbocycles. The van der Waals surface area contributed by atoms with Crippen LogP contribution in [0.3, 0.4) is 0 Å². The Kier molecular flexibility index (Phi) is 3.48. The highest BCUT2D eigenvalue weighted by atomic mass is 32.2. The summed E-state index contributed by atoms with van der Waals surface area (Å²) in [6, 6.07) is 15.5. The summed E-state index contributed by atoms with van der Waals surface area (Å²) in [7, 11) is 0. The first-order chi connectivity index (χ1) is 9.29. The van der Waals surface area contributed by atoms with E-state index in [2.05, 4.69) is 62.4 Å². The van der Waals surface area contributed by atoms with Gasteiger partial charge in [-0.25, -0.2) is 0 Å². The van der Waals surface area contributed by atoms with Crippen molar-refractivity contribution in [1.29, 1.82) is 0 Å². The van der Waals surface area contributed by atoms with Gasteiger partial charge in [0, 0.05) is 9.79 Å². The van der Waals surface area contributed by atoms with E-state index in [0.717, 1.165) is 6.42 Å². The van der Waals surface area contributed by atoms with E-state index in [1.54, 1.807) is 0 Å². The maximum atomic E-state index is 2.40. The van der Waals surface area contributed by atoms with Crippen LogP contribution in [-0.2, 0) is 0 Å². The fourth-order valence-electron chi connectivity index (χ4n) is 2.49. The van der Waals surface area contributed by atoms with E-state index >= 15 is 0 Å². The van der Waals surface area contributed by atoms with Crippen molar-refractivity contribution in [3.8, 4) is 0 Å². The van der Waals surface area contributed by atoms with Crippen LogP contribution in [0.25, 0.3) is 5.57 Å². The molecule has 0 bridgehead atoms. The van der Waals surface area contributed by atoms with Crippen molar-refractivity contribution in [2.75, 3.05) is 0 Å². The largest absolute Gasteiger partial charge is 0.0888 e. The molecule has 0 radical (unpaired) electrons. The van der Waals surface area contributed by atoms with Crippen molar-refractivity contribution >= 4 is 17.3 Å². The second-order valence-corrected chi connectivity index (χ2v) is 6.09. The van der Waals surface area contributed by atoms with Crippen LogP contribution >= 0.6 is 11.8 Å². The Balaban J connectivity index is 2.19. The van der Waals surface area contributed by atoms with Gasteiger partial charge < -0.3 is 0 Å². The normalized spacial score (nSPS) is 15.2. The molecule has 0 unspecified atom stereocenters. The number of allylic oxidation sites excluding steroid dienone is 1. The van der Waals surface area contributed by atoms with Gasteiger partial charge in [0.05, 0.1) is 0 Å². The SMILES string of the molecule is CCC/C=C1/c2ccccc2Sc2ccc(C)cc21. The first-order valence-corrected chi connectivity index (χ1v) is 7.69. The second-order valence-electron chi connectivity index (χ2n) is 5.00. The molecule has 0 saturated carbocycles. The van der Waals surface area contributed by atoms with Gasteiger partial charge in [0.1, 0.15) is 0 Å². The summed E-state index contributed by atoms with van der Waals surface area (Å²) in [5, 5.41) is 0. The molecule has 0 aromatic heterocycles. The van der Waals surface area contributed by atoms with Crippen molar-refractivity contribution in [2.24, 2.45) is 0 Å². The van der Waals surface area contributed by atoms with Crippen LogP contribution in [-0.4, -0.2) is 0 Å². The van der Waals surface area contributed by atoms with E-state index in [0.29, 0.717) is 0 Å². The molecule has 2 aromatic rings. The van der Waals surface area contributed by atoms with Gasteiger partial charge in [0.15, 0.2) is 0 Å². The van der Waals surface area contributed by atoms with E-state index in [1.165, 1.54) is 38.5 Å². The van der Waals surface area contributed by atoms with Crippen LogP contribution in [0, 0.1) is 6.92 Å². The number of rotatable bonds is 2. The molecular weight excluding hydrogens is 248 g/mol. The lowest BCUT2D eigenvalue weighted by atomic mass is 9.94. The predicted molar refractivity (Wildman–Crippen MR) is 83.7 cm³/mol. The minimum absolute atomic E-state index is 1.14. The Morgan fingerprint density at radius 2 is 1.79 bits per heavy atom. The number of hydrogen-bond acceptors (Lipinski definition) is 1. The van der Waals surface area contributed by atoms with Gasteiger partial charge in [0.25, 0.3) is 0 Å². The van der Waals surface area contributed by atoms with Crippen LogP contribution in [0.15, 0.2) is 58.3 Å². The average Bonchev–Trinajstić information content (AvgIpc) is 2.44. The fourth-order valence-corrected chi connectivity index (χ4v) is 3.58. The van der Waals surface area contributed by atoms with Crippen LogP contribution in [0.5, 0.6) is 0 Å². The molecule has 0 N–H and O–H groups in total. The Hall–Kier alpha value is -1.47. The molecule has 1 aliphatic heterocycles. The van der Waals surface area contributed by atoms with Crippen molar-refractivity contribution < 1.29 is 0 Å². The van der Waals surface area contributed by atoms with Gasteiger partial charge in [0.2, 0.25) is 0 Å². The Bertz CT molecular complexity index is 638. The van der Waals surface area contributed by atoms with E-state index in [-0.39, 0.29) is 0 Å². The van der Waals surface area contributed by atoms with E-state index < -0.39 is 0 Å². The molecule has 0 atom stereocenters. The van der Waals surface area contributed by atoms with Crippen molar-refractivity contribution in [1.82, 2.24) is 0 Å². The van der Waals surface area contributed by atoms with E-state index in [4.69, 9.17) is 0 Å². The monoisotopic (exact) mass is 266 g/mol. The van der Waals surface area contributed by atoms with Gasteiger partial charge in [-0.1, -0.05) is 67.1 Å². The van der Waals surface area contributed by atoms with Crippen molar-refractivity contribution in [2.45, 2.75) is 36.5 Å². The minimum Gasteiger partial charge on any atom is -0.0888 e. The molecule has 0 aliphatic carbocycles. The molecule has 3 rings (SSSR count). The Labute approximate surface area is 119 Å². The van der Waals surface area contributed by atoms with E-state index in [1.807, 2.05) is 11.8 Å². The third kappa shape index (κ3) is 2.35. The first-order valence-electron chi connectivity index (χ1n) is 6.88. The zero-order valence-electron chi connectivity index (χ0n) is 11.4. The smallest absolute Gasteiger partial charge is 0.0201 e. The zero-order chi connectivity index (χ0) is 13.2. The highest BCUT2D eigenvalue weighted by molar-refractivity contribution is 7.99. The lowest BCUT2D eigenvalue weighted by Gasteiger charge is -2.22. The predicted octanol–water partition coefficient (Wildman–Crippen LogP) is 5.69. The van der Waals surface area contributed by atoms with Crippen LogP contribution < -0.4 is 0 Å². The number of unbranched alkanes of at least 4 members (excludes halogenated alkanes) is 1. The van der Waals surface area contributed by atoms with Crippen molar-refractivity contribution in [3.05, 3.63) is 65.2 Å². The van der Waals surface area contributed by atoms with Crippen LogP contribution in [0.2, 0.25) is 0 Å². The maximum absolute atomic E-state index is 2.40. The lowest BCUT2D eigenvalue weighted by Crippen LogP contribution is -1.99. The standard InChI is InChI=1S/C18H18S/c1-3-4-7-14-15-8-5-6-9-17(15)19-18-11-10-13(2)12-16(14)18/h5-12H,3-4H2,1-2H3/b14-7-. The van der Waals surface area contributed by atoms with Crippen molar-refractivity contribution in [3.63, 3.8) is 0 Å². The van der Waals surface area contributed by atoms with Gasteiger partial charge in [-0.2, -0.15) is 0 Å². The summed E-state index contributed by atoms with van der Waals surface area (Å²) in [4.78, 5) is 2.76. The number of aryl methyl sites for hydroxylation is 1. The third-order valence-corrected chi connectivity index (χ3v) is 4.61. The van der Waals surface area contributed by atoms with E-state index in [9.17, 15) is 0 Å². The highest BCUT2D eigenvalue weighted by Gasteiger charge is 2.19. The van der Waals surface area contributed by atoms with Gasteiger partial charge in [-0.3, -0.25) is 0 Å². The quantitative estimate of drug-likeness (QED) is 0.574. The summed E-state index contributed by atoms with van der Waals surface area (Å²) in [5.41, 5.74) is 5.53. The van der Waals surface area contributed by atoms with Crippen LogP contribution in [0.1, 0.15) is 36.5 Å². The lowest BCUT2D eigenvalue weighted by molar-refractivity contribution is 0.958. The van der Waals surface area contributed by atoms with Crippen LogP contribution in [0.4, 0.5) is 0 Å². The minimum atomic E-state index is 1.14. The molecule has 1 aliphatic rings. The molecule has 0 saturated heterocycles. The molecule has 1 heteroatoms. The third-order valence-electron chi connectivity index (χ3n) is 3.46. The molecule has 96 valence electrons. The molecule has 1 heterocycles. The summed E-state index contributed by atoms with van der Waals surface area (Å²) in [5.74, 6) is 0. The van der Waals surface area contributed by atoms with Gasteiger partial charge >= 0.3 is 0 Å². The molecule has 0 fully saturated rings. The van der Waals surface area contributed by atoms with Gasteiger partial charge in [-0.05, 0) is 42.2 Å². The summed E-state index contributed by atoms with van der Waals surface area (Å²) >= 11 is 1.89. The Morgan fingerprint density at radius 1 is 1.00 bits per heavy atom. The molecular formula is C18H18S. The summed E-state index contributed by atoms with van der Waals surface area (Å²) in [6.07, 6.45) is 4.73. The first kappa shape index (κ1) is 12.6. The Morgan fingerprint density at radius 3 is 2.63 bits per heavy atom. The number of fused-ring (bicyclic) bond motifs is 2. The molecule has 0 spiro atoms. The highest BCUT2D eigenvalue weighted by Crippen LogP contribution is 2.45. The maximum Gasteiger partial charge on any atom is 0.0201 e. The average molecular weight is 266 g/mol. The number of hydrogen-bond donors (Lipinski definition) is 0.